The maximum Gasteiger partial charge on any atom is 0.317 e. The summed E-state index contributed by atoms with van der Waals surface area (Å²) in [4.78, 5) is 68.9. The van der Waals surface area contributed by atoms with E-state index >= 15 is 0 Å². The summed E-state index contributed by atoms with van der Waals surface area (Å²) in [6.45, 7) is 3.76. The zero-order chi connectivity index (χ0) is 22.9. The molecule has 0 aromatic heterocycles. The van der Waals surface area contributed by atoms with E-state index in [0.717, 1.165) is 0 Å². The Balaban J connectivity index is 4.74. The number of carbonyl (C=O) groups is 6. The van der Waals surface area contributed by atoms with Crippen LogP contribution in [0.15, 0.2) is 0 Å². The van der Waals surface area contributed by atoms with Crippen molar-refractivity contribution in [3.8, 4) is 0 Å². The highest BCUT2D eigenvalue weighted by atomic mass is 16.6. The quantitative estimate of drug-likeness (QED) is 0.202. The Kier molecular flexibility index (Phi) is 14.0. The normalized spacial score (nSPS) is 10.0. The molecule has 0 aliphatic rings. The van der Waals surface area contributed by atoms with Crippen molar-refractivity contribution in [2.75, 3.05) is 33.0 Å². The molecule has 0 saturated carbocycles. The average molecular weight is 434 g/mol. The van der Waals surface area contributed by atoms with E-state index in [-0.39, 0.29) is 19.8 Å². The molecule has 12 heteroatoms. The lowest BCUT2D eigenvalue weighted by molar-refractivity contribution is -0.172. The molecule has 0 aromatic carbocycles. The van der Waals surface area contributed by atoms with Gasteiger partial charge in [-0.1, -0.05) is 0 Å². The van der Waals surface area contributed by atoms with Gasteiger partial charge in [-0.15, -0.1) is 0 Å². The second kappa shape index (κ2) is 15.7. The summed E-state index contributed by atoms with van der Waals surface area (Å²) in [5.74, 6) is -5.38. The number of ether oxygens (including phenoxy) is 6. The molecule has 170 valence electrons. The summed E-state index contributed by atoms with van der Waals surface area (Å²) < 4.78 is 28.4. The van der Waals surface area contributed by atoms with Gasteiger partial charge in [0.15, 0.2) is 6.10 Å². The fraction of sp³-hybridized carbons (Fsp3) is 0.667. The van der Waals surface area contributed by atoms with Crippen molar-refractivity contribution in [1.29, 1.82) is 0 Å². The third kappa shape index (κ3) is 13.9. The first-order valence-electron chi connectivity index (χ1n) is 9.19. The largest absolute Gasteiger partial charge is 0.466 e. The van der Waals surface area contributed by atoms with Crippen LogP contribution in [0.25, 0.3) is 0 Å². The van der Waals surface area contributed by atoms with Gasteiger partial charge in [0, 0.05) is 0 Å². The average Bonchev–Trinajstić information content (AvgIpc) is 2.64. The summed E-state index contributed by atoms with van der Waals surface area (Å²) in [6, 6.07) is 0. The monoisotopic (exact) mass is 434 g/mol. The fourth-order valence-corrected chi connectivity index (χ4v) is 1.81. The first-order valence-corrected chi connectivity index (χ1v) is 9.19. The van der Waals surface area contributed by atoms with Crippen molar-refractivity contribution in [2.45, 2.75) is 46.1 Å². The van der Waals surface area contributed by atoms with Gasteiger partial charge in [-0.05, 0) is 20.8 Å². The standard InChI is InChI=1S/C18H26O12/c1-4-25-13(19)7-16(22)28-10-12(30-18(24)9-15(21)27-6-3)11-29-17(23)8-14(20)26-5-2/h12H,4-11H2,1-3H3. The summed E-state index contributed by atoms with van der Waals surface area (Å²) in [5, 5.41) is 0. The van der Waals surface area contributed by atoms with Gasteiger partial charge < -0.3 is 28.4 Å². The van der Waals surface area contributed by atoms with Crippen LogP contribution in [-0.4, -0.2) is 75.0 Å². The van der Waals surface area contributed by atoms with Gasteiger partial charge in [0.2, 0.25) is 0 Å². The Morgan fingerprint density at radius 1 is 0.500 bits per heavy atom. The first kappa shape index (κ1) is 26.8. The van der Waals surface area contributed by atoms with Gasteiger partial charge in [-0.2, -0.15) is 0 Å². The van der Waals surface area contributed by atoms with Crippen LogP contribution in [0.3, 0.4) is 0 Å². The summed E-state index contributed by atoms with van der Waals surface area (Å²) in [5.41, 5.74) is 0. The molecule has 12 nitrogen and oxygen atoms in total. The molecule has 0 aliphatic heterocycles. The molecule has 0 atom stereocenters. The Labute approximate surface area is 173 Å². The number of hydrogen-bond donors (Lipinski definition) is 0. The number of esters is 6. The molecule has 0 unspecified atom stereocenters. The third-order valence-electron chi connectivity index (χ3n) is 2.94. The summed E-state index contributed by atoms with van der Waals surface area (Å²) >= 11 is 0. The number of rotatable bonds is 14. The van der Waals surface area contributed by atoms with Crippen LogP contribution < -0.4 is 0 Å². The molecule has 0 bridgehead atoms. The lowest BCUT2D eigenvalue weighted by Gasteiger charge is -2.18. The van der Waals surface area contributed by atoms with Crippen molar-refractivity contribution in [3.05, 3.63) is 0 Å². The molecule has 0 saturated heterocycles. The van der Waals surface area contributed by atoms with Crippen LogP contribution in [0.4, 0.5) is 0 Å². The molecule has 0 N–H and O–H groups in total. The van der Waals surface area contributed by atoms with Gasteiger partial charge in [-0.25, -0.2) is 0 Å². The zero-order valence-corrected chi connectivity index (χ0v) is 17.1. The molecule has 0 amide bonds. The van der Waals surface area contributed by atoms with Crippen molar-refractivity contribution in [3.63, 3.8) is 0 Å². The topological polar surface area (TPSA) is 158 Å². The Bertz CT molecular complexity index is 576. The highest BCUT2D eigenvalue weighted by Crippen LogP contribution is 2.03. The molecule has 0 aliphatic carbocycles. The molecular weight excluding hydrogens is 408 g/mol. The van der Waals surface area contributed by atoms with Crippen molar-refractivity contribution in [2.24, 2.45) is 0 Å². The Morgan fingerprint density at radius 3 is 1.13 bits per heavy atom. The minimum absolute atomic E-state index is 0.0620. The molecule has 0 heterocycles. The maximum absolute atomic E-state index is 11.8. The van der Waals surface area contributed by atoms with Crippen LogP contribution in [0, 0.1) is 0 Å². The van der Waals surface area contributed by atoms with E-state index in [0.29, 0.717) is 0 Å². The van der Waals surface area contributed by atoms with Crippen molar-refractivity contribution in [1.82, 2.24) is 0 Å². The second-order valence-corrected chi connectivity index (χ2v) is 5.42. The zero-order valence-electron chi connectivity index (χ0n) is 17.1. The highest BCUT2D eigenvalue weighted by molar-refractivity contribution is 5.92. The molecule has 0 fully saturated rings. The summed E-state index contributed by atoms with van der Waals surface area (Å²) in [6.07, 6.45) is -3.33. The Morgan fingerprint density at radius 2 is 0.800 bits per heavy atom. The molecule has 0 spiro atoms. The smallest absolute Gasteiger partial charge is 0.317 e. The van der Waals surface area contributed by atoms with Gasteiger partial charge >= 0.3 is 35.8 Å². The van der Waals surface area contributed by atoms with E-state index in [4.69, 9.17) is 14.2 Å². The van der Waals surface area contributed by atoms with Crippen molar-refractivity contribution >= 4 is 35.8 Å². The lowest BCUT2D eigenvalue weighted by Crippen LogP contribution is -2.32. The van der Waals surface area contributed by atoms with E-state index in [2.05, 4.69) is 14.2 Å². The predicted octanol–water partition coefficient (Wildman–Crippen LogP) is -0.156. The minimum Gasteiger partial charge on any atom is -0.466 e. The maximum atomic E-state index is 11.8. The van der Waals surface area contributed by atoms with Gasteiger partial charge in [-0.3, -0.25) is 28.8 Å². The van der Waals surface area contributed by atoms with E-state index in [1.807, 2.05) is 0 Å². The number of hydrogen-bond acceptors (Lipinski definition) is 12. The van der Waals surface area contributed by atoms with Crippen LogP contribution >= 0.6 is 0 Å². The molecule has 0 aromatic rings. The number of carbonyl (C=O) groups excluding carboxylic acids is 6. The lowest BCUT2D eigenvalue weighted by atomic mass is 10.3. The van der Waals surface area contributed by atoms with Crippen molar-refractivity contribution < 1.29 is 57.2 Å². The van der Waals surface area contributed by atoms with Crippen LogP contribution in [0.1, 0.15) is 40.0 Å². The predicted molar refractivity (Wildman–Crippen MR) is 95.5 cm³/mol. The van der Waals surface area contributed by atoms with Crippen LogP contribution in [-0.2, 0) is 57.2 Å². The van der Waals surface area contributed by atoms with Crippen LogP contribution in [0.5, 0.6) is 0 Å². The van der Waals surface area contributed by atoms with E-state index < -0.39 is 74.4 Å². The second-order valence-electron chi connectivity index (χ2n) is 5.42. The van der Waals surface area contributed by atoms with Gasteiger partial charge in [0.05, 0.1) is 19.8 Å². The van der Waals surface area contributed by atoms with E-state index in [1.54, 1.807) is 20.8 Å². The molecular formula is C18H26O12. The highest BCUT2D eigenvalue weighted by Gasteiger charge is 2.23. The fourth-order valence-electron chi connectivity index (χ4n) is 1.81. The third-order valence-corrected chi connectivity index (χ3v) is 2.94. The first-order chi connectivity index (χ1) is 14.2. The SMILES string of the molecule is CCOC(=O)CC(=O)OCC(COC(=O)CC(=O)OCC)OC(=O)CC(=O)OCC. The van der Waals surface area contributed by atoms with E-state index in [1.165, 1.54) is 0 Å². The van der Waals surface area contributed by atoms with Gasteiger partial charge in [0.1, 0.15) is 32.5 Å². The van der Waals surface area contributed by atoms with Gasteiger partial charge in [0.25, 0.3) is 0 Å². The summed E-state index contributed by atoms with van der Waals surface area (Å²) in [7, 11) is 0. The molecule has 0 radical (unpaired) electrons. The molecule has 0 rings (SSSR count). The van der Waals surface area contributed by atoms with E-state index in [9.17, 15) is 28.8 Å². The van der Waals surface area contributed by atoms with Crippen LogP contribution in [0.2, 0.25) is 0 Å². The Hall–Kier alpha value is -3.18. The minimum atomic E-state index is -1.29. The molecule has 30 heavy (non-hydrogen) atoms.